The molecule has 1 aliphatic carbocycles. The highest BCUT2D eigenvalue weighted by Crippen LogP contribution is 2.42. The van der Waals surface area contributed by atoms with Gasteiger partial charge in [-0.25, -0.2) is 0 Å². The fraction of sp³-hybridized carbons (Fsp3) is 0.800. The second-order valence-corrected chi connectivity index (χ2v) is 4.53. The van der Waals surface area contributed by atoms with Crippen LogP contribution in [0.4, 0.5) is 0 Å². The number of rotatable bonds is 1. The summed E-state index contributed by atoms with van der Waals surface area (Å²) in [7, 11) is 0. The van der Waals surface area contributed by atoms with E-state index in [4.69, 9.17) is 5.26 Å². The Balaban J connectivity index is 2.27. The fourth-order valence-corrected chi connectivity index (χ4v) is 2.22. The van der Waals surface area contributed by atoms with Gasteiger partial charge < -0.3 is 4.90 Å². The van der Waals surface area contributed by atoms with Gasteiger partial charge in [0.15, 0.2) is 0 Å². The zero-order chi connectivity index (χ0) is 9.64. The lowest BCUT2D eigenvalue weighted by atomic mass is 9.90. The maximum Gasteiger partial charge on any atom is 0.224 e. The van der Waals surface area contributed by atoms with Crippen LogP contribution in [0.15, 0.2) is 0 Å². The molecular formula is C10H14N2O. The van der Waals surface area contributed by atoms with Crippen molar-refractivity contribution in [2.45, 2.75) is 44.7 Å². The summed E-state index contributed by atoms with van der Waals surface area (Å²) in [6, 6.07) is 2.67. The molecule has 70 valence electrons. The SMILES string of the molecule is CC1(C)C(C#N)CC(=O)N1C1CC1. The van der Waals surface area contributed by atoms with E-state index in [1.165, 1.54) is 0 Å². The van der Waals surface area contributed by atoms with Crippen LogP contribution >= 0.6 is 0 Å². The molecule has 2 fully saturated rings. The first-order valence-electron chi connectivity index (χ1n) is 4.79. The Labute approximate surface area is 78.3 Å². The number of nitrogens with zero attached hydrogens (tertiary/aromatic N) is 2. The Hall–Kier alpha value is -1.04. The molecule has 0 aromatic carbocycles. The molecule has 1 unspecified atom stereocenters. The van der Waals surface area contributed by atoms with E-state index in [0.717, 1.165) is 12.8 Å². The van der Waals surface area contributed by atoms with Crippen LogP contribution in [-0.2, 0) is 4.79 Å². The van der Waals surface area contributed by atoms with E-state index in [1.54, 1.807) is 0 Å². The highest BCUT2D eigenvalue weighted by atomic mass is 16.2. The molecule has 0 N–H and O–H groups in total. The maximum atomic E-state index is 11.6. The van der Waals surface area contributed by atoms with Crippen molar-refractivity contribution < 1.29 is 4.79 Å². The van der Waals surface area contributed by atoms with Gasteiger partial charge in [0, 0.05) is 12.5 Å². The third-order valence-corrected chi connectivity index (χ3v) is 3.19. The van der Waals surface area contributed by atoms with E-state index in [-0.39, 0.29) is 17.4 Å². The lowest BCUT2D eigenvalue weighted by Crippen LogP contribution is -2.45. The Bertz CT molecular complexity index is 286. The number of hydrogen-bond donors (Lipinski definition) is 0. The average Bonchev–Trinajstić information content (AvgIpc) is 2.80. The molecule has 0 spiro atoms. The second kappa shape index (κ2) is 2.47. The van der Waals surface area contributed by atoms with Crippen LogP contribution in [-0.4, -0.2) is 22.4 Å². The predicted molar refractivity (Wildman–Crippen MR) is 47.7 cm³/mol. The normalized spacial score (nSPS) is 31.9. The molecule has 1 saturated heterocycles. The first kappa shape index (κ1) is 8.55. The first-order valence-corrected chi connectivity index (χ1v) is 4.79. The zero-order valence-corrected chi connectivity index (χ0v) is 8.08. The van der Waals surface area contributed by atoms with Gasteiger partial charge in [-0.15, -0.1) is 0 Å². The smallest absolute Gasteiger partial charge is 0.224 e. The minimum atomic E-state index is -0.243. The van der Waals surface area contributed by atoms with E-state index in [0.29, 0.717) is 12.5 Å². The van der Waals surface area contributed by atoms with Gasteiger partial charge >= 0.3 is 0 Å². The third-order valence-electron chi connectivity index (χ3n) is 3.19. The summed E-state index contributed by atoms with van der Waals surface area (Å²) in [6.07, 6.45) is 2.65. The average molecular weight is 178 g/mol. The molecular weight excluding hydrogens is 164 g/mol. The van der Waals surface area contributed by atoms with Crippen LogP contribution in [0.1, 0.15) is 33.1 Å². The van der Waals surface area contributed by atoms with Crippen molar-refractivity contribution in [3.05, 3.63) is 0 Å². The van der Waals surface area contributed by atoms with Crippen molar-refractivity contribution in [3.63, 3.8) is 0 Å². The minimum absolute atomic E-state index is 0.124. The quantitative estimate of drug-likeness (QED) is 0.607. The van der Waals surface area contributed by atoms with Crippen LogP contribution in [0.5, 0.6) is 0 Å². The summed E-state index contributed by atoms with van der Waals surface area (Å²) in [4.78, 5) is 13.5. The third kappa shape index (κ3) is 1.13. The molecule has 0 radical (unpaired) electrons. The highest BCUT2D eigenvalue weighted by Gasteiger charge is 2.51. The molecule has 0 aromatic rings. The number of hydrogen-bond acceptors (Lipinski definition) is 2. The molecule has 0 aromatic heterocycles. The summed E-state index contributed by atoms with van der Waals surface area (Å²) in [5, 5.41) is 8.91. The van der Waals surface area contributed by atoms with Crippen LogP contribution in [0.2, 0.25) is 0 Å². The van der Waals surface area contributed by atoms with Crippen LogP contribution in [0, 0.1) is 17.2 Å². The number of carbonyl (C=O) groups excluding carboxylic acids is 1. The lowest BCUT2D eigenvalue weighted by Gasteiger charge is -2.33. The summed E-state index contributed by atoms with van der Waals surface area (Å²) in [6.45, 7) is 4.01. The highest BCUT2D eigenvalue weighted by molar-refractivity contribution is 5.81. The van der Waals surface area contributed by atoms with Gasteiger partial charge in [0.1, 0.15) is 0 Å². The van der Waals surface area contributed by atoms with Gasteiger partial charge in [-0.3, -0.25) is 4.79 Å². The van der Waals surface area contributed by atoms with E-state index in [1.807, 2.05) is 18.7 Å². The molecule has 2 rings (SSSR count). The molecule has 0 bridgehead atoms. The second-order valence-electron chi connectivity index (χ2n) is 4.53. The van der Waals surface area contributed by atoms with Crippen molar-refractivity contribution in [1.82, 2.24) is 4.90 Å². The standard InChI is InChI=1S/C10H14N2O/c1-10(2)7(6-11)5-9(13)12(10)8-3-4-8/h7-8H,3-5H2,1-2H3. The van der Waals surface area contributed by atoms with Gasteiger partial charge in [-0.1, -0.05) is 0 Å². The Morgan fingerprint density at radius 3 is 2.54 bits per heavy atom. The van der Waals surface area contributed by atoms with Crippen molar-refractivity contribution in [3.8, 4) is 6.07 Å². The molecule has 1 aliphatic heterocycles. The van der Waals surface area contributed by atoms with Crippen molar-refractivity contribution in [2.24, 2.45) is 5.92 Å². The molecule has 1 amide bonds. The van der Waals surface area contributed by atoms with Gasteiger partial charge in [-0.05, 0) is 26.7 Å². The van der Waals surface area contributed by atoms with Crippen LogP contribution in [0.25, 0.3) is 0 Å². The van der Waals surface area contributed by atoms with Crippen LogP contribution < -0.4 is 0 Å². The Morgan fingerprint density at radius 2 is 2.15 bits per heavy atom. The molecule has 3 heteroatoms. The first-order chi connectivity index (χ1) is 6.07. The van der Waals surface area contributed by atoms with E-state index < -0.39 is 0 Å². The number of amides is 1. The number of nitriles is 1. The predicted octanol–water partition coefficient (Wildman–Crippen LogP) is 1.30. The Kier molecular flexibility index (Phi) is 1.63. The minimum Gasteiger partial charge on any atom is -0.333 e. The zero-order valence-electron chi connectivity index (χ0n) is 8.08. The maximum absolute atomic E-state index is 11.6. The fourth-order valence-electron chi connectivity index (χ4n) is 2.22. The van der Waals surface area contributed by atoms with E-state index in [2.05, 4.69) is 6.07 Å². The van der Waals surface area contributed by atoms with Crippen molar-refractivity contribution >= 4 is 5.91 Å². The van der Waals surface area contributed by atoms with E-state index >= 15 is 0 Å². The Morgan fingerprint density at radius 1 is 1.54 bits per heavy atom. The number of likely N-dealkylation sites (tertiary alicyclic amines) is 1. The van der Waals surface area contributed by atoms with Gasteiger partial charge in [-0.2, -0.15) is 5.26 Å². The molecule has 3 nitrogen and oxygen atoms in total. The topological polar surface area (TPSA) is 44.1 Å². The lowest BCUT2D eigenvalue weighted by molar-refractivity contribution is -0.131. The largest absolute Gasteiger partial charge is 0.333 e. The van der Waals surface area contributed by atoms with Crippen molar-refractivity contribution in [2.75, 3.05) is 0 Å². The van der Waals surface area contributed by atoms with Crippen LogP contribution in [0.3, 0.4) is 0 Å². The molecule has 2 aliphatic rings. The molecule has 13 heavy (non-hydrogen) atoms. The van der Waals surface area contributed by atoms with Crippen molar-refractivity contribution in [1.29, 1.82) is 5.26 Å². The molecule has 1 heterocycles. The van der Waals surface area contributed by atoms with Gasteiger partial charge in [0.2, 0.25) is 5.91 Å². The molecule has 1 saturated carbocycles. The number of carbonyl (C=O) groups is 1. The monoisotopic (exact) mass is 178 g/mol. The van der Waals surface area contributed by atoms with Gasteiger partial charge in [0.25, 0.3) is 0 Å². The van der Waals surface area contributed by atoms with Gasteiger partial charge in [0.05, 0.1) is 17.5 Å². The summed E-state index contributed by atoms with van der Waals surface area (Å²) in [5.41, 5.74) is -0.243. The van der Waals surface area contributed by atoms with E-state index in [9.17, 15) is 4.79 Å². The summed E-state index contributed by atoms with van der Waals surface area (Å²) in [5.74, 6) is 0.0413. The summed E-state index contributed by atoms with van der Waals surface area (Å²) < 4.78 is 0. The summed E-state index contributed by atoms with van der Waals surface area (Å²) >= 11 is 0. The molecule has 1 atom stereocenters.